The summed E-state index contributed by atoms with van der Waals surface area (Å²) >= 11 is 1.31. The zero-order valence-corrected chi connectivity index (χ0v) is 17.9. The van der Waals surface area contributed by atoms with Crippen molar-refractivity contribution in [2.24, 2.45) is 0 Å². The van der Waals surface area contributed by atoms with Crippen molar-refractivity contribution < 1.29 is 8.42 Å². The minimum absolute atomic E-state index is 0.0428. The quantitative estimate of drug-likeness (QED) is 0.454. The molecule has 0 saturated carbocycles. The van der Waals surface area contributed by atoms with Crippen LogP contribution >= 0.6 is 11.8 Å². The van der Waals surface area contributed by atoms with Crippen molar-refractivity contribution in [2.75, 3.05) is 17.8 Å². The van der Waals surface area contributed by atoms with Crippen LogP contribution in [0.3, 0.4) is 0 Å². The van der Waals surface area contributed by atoms with Crippen molar-refractivity contribution in [3.8, 4) is 5.69 Å². The Labute approximate surface area is 172 Å². The predicted molar refractivity (Wildman–Crippen MR) is 116 cm³/mol. The summed E-state index contributed by atoms with van der Waals surface area (Å²) < 4.78 is 26.4. The molecule has 0 aliphatic rings. The fourth-order valence-electron chi connectivity index (χ4n) is 3.25. The first kappa shape index (κ1) is 19.7. The summed E-state index contributed by atoms with van der Waals surface area (Å²) in [6.45, 7) is 3.97. The maximum absolute atomic E-state index is 13.4. The number of rotatable bonds is 5. The van der Waals surface area contributed by atoms with Gasteiger partial charge in [0.25, 0.3) is 5.56 Å². The fourth-order valence-corrected chi connectivity index (χ4v) is 5.39. The van der Waals surface area contributed by atoms with E-state index in [1.807, 2.05) is 54.6 Å². The Morgan fingerprint density at radius 3 is 2.55 bits per heavy atom. The number of thioether (sulfide) groups is 1. The maximum Gasteiger partial charge on any atom is 0.267 e. The topological polar surface area (TPSA) is 86.3 Å². The molecule has 2 aromatic heterocycles. The smallest absolute Gasteiger partial charge is 0.267 e. The zero-order chi connectivity index (χ0) is 20.8. The van der Waals surface area contributed by atoms with Crippen molar-refractivity contribution in [3.05, 3.63) is 63.9 Å². The summed E-state index contributed by atoms with van der Waals surface area (Å²) in [5, 5.41) is 9.66. The molecule has 0 aliphatic carbocycles. The molecule has 0 aliphatic heterocycles. The summed E-state index contributed by atoms with van der Waals surface area (Å²) in [6, 6.07) is 13.1. The van der Waals surface area contributed by atoms with Crippen LogP contribution in [0, 0.1) is 13.8 Å². The SMILES string of the molecule is Cc1cccc(-n2c(=O)c3ccccc3n3c(SCCS(C)(=O)=O)nnc23)c1C. The van der Waals surface area contributed by atoms with Gasteiger partial charge in [-0.05, 0) is 43.2 Å². The highest BCUT2D eigenvalue weighted by atomic mass is 32.2. The molecule has 29 heavy (non-hydrogen) atoms. The van der Waals surface area contributed by atoms with Crippen molar-refractivity contribution in [2.45, 2.75) is 19.0 Å². The van der Waals surface area contributed by atoms with Crippen LogP contribution < -0.4 is 5.56 Å². The third-order valence-corrected chi connectivity index (χ3v) is 7.03. The summed E-state index contributed by atoms with van der Waals surface area (Å²) in [6.07, 6.45) is 1.21. The van der Waals surface area contributed by atoms with Gasteiger partial charge in [-0.3, -0.25) is 9.20 Å². The molecule has 150 valence electrons. The molecule has 2 aromatic carbocycles. The van der Waals surface area contributed by atoms with E-state index in [4.69, 9.17) is 0 Å². The van der Waals surface area contributed by atoms with Crippen molar-refractivity contribution in [1.82, 2.24) is 19.2 Å². The first-order valence-electron chi connectivity index (χ1n) is 9.04. The monoisotopic (exact) mass is 428 g/mol. The van der Waals surface area contributed by atoms with Gasteiger partial charge in [0.1, 0.15) is 9.84 Å². The molecule has 0 saturated heterocycles. The standard InChI is InChI=1S/C20H20N4O3S2/c1-13-7-6-10-16(14(13)2)23-18(25)15-8-4-5-9-17(15)24-19(23)21-22-20(24)28-11-12-29(3,26)27/h4-10H,11-12H2,1-3H3. The summed E-state index contributed by atoms with van der Waals surface area (Å²) in [7, 11) is -3.07. The number of hydrogen-bond donors (Lipinski definition) is 0. The second-order valence-electron chi connectivity index (χ2n) is 6.97. The van der Waals surface area contributed by atoms with Crippen molar-refractivity contribution >= 4 is 38.3 Å². The van der Waals surface area contributed by atoms with Crippen LogP contribution in [0.25, 0.3) is 22.4 Å². The lowest BCUT2D eigenvalue weighted by atomic mass is 10.1. The molecule has 0 bridgehead atoms. The van der Waals surface area contributed by atoms with Crippen LogP contribution in [0.5, 0.6) is 0 Å². The van der Waals surface area contributed by atoms with Crippen molar-refractivity contribution in [1.29, 1.82) is 0 Å². The van der Waals surface area contributed by atoms with E-state index in [2.05, 4.69) is 10.2 Å². The number of nitrogens with zero attached hydrogens (tertiary/aromatic N) is 4. The third-order valence-electron chi connectivity index (χ3n) is 4.90. The number of hydrogen-bond acceptors (Lipinski definition) is 6. The van der Waals surface area contributed by atoms with E-state index < -0.39 is 9.84 Å². The fraction of sp³-hybridized carbons (Fsp3) is 0.250. The molecular formula is C20H20N4O3S2. The molecule has 0 amide bonds. The predicted octanol–water partition coefficient (Wildman–Crippen LogP) is 2.79. The van der Waals surface area contributed by atoms with Crippen molar-refractivity contribution in [3.63, 3.8) is 0 Å². The van der Waals surface area contributed by atoms with Gasteiger partial charge in [0.05, 0.1) is 22.3 Å². The van der Waals surface area contributed by atoms with Crippen LogP contribution in [0.2, 0.25) is 0 Å². The lowest BCUT2D eigenvalue weighted by Gasteiger charge is -2.14. The van der Waals surface area contributed by atoms with Gasteiger partial charge in [-0.1, -0.05) is 36.0 Å². The van der Waals surface area contributed by atoms with Gasteiger partial charge in [0.15, 0.2) is 5.16 Å². The average Bonchev–Trinajstić information content (AvgIpc) is 3.08. The third kappa shape index (κ3) is 3.56. The number of fused-ring (bicyclic) bond motifs is 3. The number of benzene rings is 2. The molecule has 0 unspecified atom stereocenters. The molecule has 0 atom stereocenters. The minimum atomic E-state index is -3.07. The Morgan fingerprint density at radius 2 is 1.79 bits per heavy atom. The summed E-state index contributed by atoms with van der Waals surface area (Å²) in [5.41, 5.74) is 3.35. The van der Waals surface area contributed by atoms with Gasteiger partial charge in [0.2, 0.25) is 5.78 Å². The van der Waals surface area contributed by atoms with E-state index in [1.54, 1.807) is 10.6 Å². The van der Waals surface area contributed by atoms with Gasteiger partial charge in [-0.25, -0.2) is 13.0 Å². The molecule has 9 heteroatoms. The van der Waals surface area contributed by atoms with Crippen LogP contribution in [-0.4, -0.2) is 45.3 Å². The lowest BCUT2D eigenvalue weighted by molar-refractivity contribution is 0.603. The van der Waals surface area contributed by atoms with Crippen LogP contribution in [0.1, 0.15) is 11.1 Å². The van der Waals surface area contributed by atoms with E-state index in [9.17, 15) is 13.2 Å². The summed E-state index contributed by atoms with van der Waals surface area (Å²) in [5.74, 6) is 0.807. The van der Waals surface area contributed by atoms with Gasteiger partial charge in [0, 0.05) is 12.0 Å². The van der Waals surface area contributed by atoms with Crippen LogP contribution in [0.15, 0.2) is 52.4 Å². The molecule has 4 rings (SSSR count). The number of para-hydroxylation sites is 1. The molecule has 0 radical (unpaired) electrons. The number of aryl methyl sites for hydroxylation is 1. The molecule has 0 fully saturated rings. The van der Waals surface area contributed by atoms with Gasteiger partial charge in [-0.2, -0.15) is 0 Å². The minimum Gasteiger partial charge on any atom is -0.268 e. The molecular weight excluding hydrogens is 408 g/mol. The summed E-state index contributed by atoms with van der Waals surface area (Å²) in [4.78, 5) is 13.4. The number of sulfone groups is 1. The zero-order valence-electron chi connectivity index (χ0n) is 16.3. The first-order chi connectivity index (χ1) is 13.8. The maximum atomic E-state index is 13.4. The second-order valence-corrected chi connectivity index (χ2v) is 10.3. The van der Waals surface area contributed by atoms with Crippen LogP contribution in [-0.2, 0) is 9.84 Å². The van der Waals surface area contributed by atoms with Gasteiger partial charge >= 0.3 is 0 Å². The van der Waals surface area contributed by atoms with E-state index >= 15 is 0 Å². The van der Waals surface area contributed by atoms with Gasteiger partial charge in [-0.15, -0.1) is 10.2 Å². The molecule has 2 heterocycles. The molecule has 0 spiro atoms. The Kier molecular flexibility index (Phi) is 4.95. The lowest BCUT2D eigenvalue weighted by Crippen LogP contribution is -2.22. The normalized spacial score (nSPS) is 12.1. The first-order valence-corrected chi connectivity index (χ1v) is 12.1. The van der Waals surface area contributed by atoms with Crippen LogP contribution in [0.4, 0.5) is 0 Å². The number of aromatic nitrogens is 4. The van der Waals surface area contributed by atoms with E-state index in [0.29, 0.717) is 27.6 Å². The second kappa shape index (κ2) is 7.31. The Balaban J connectivity index is 2.01. The van der Waals surface area contributed by atoms with E-state index in [1.165, 1.54) is 18.0 Å². The Bertz CT molecular complexity index is 1400. The Hall–Kier alpha value is -2.65. The average molecular weight is 429 g/mol. The Morgan fingerprint density at radius 1 is 1.03 bits per heavy atom. The highest BCUT2D eigenvalue weighted by Crippen LogP contribution is 2.25. The highest BCUT2D eigenvalue weighted by Gasteiger charge is 2.19. The molecule has 7 nitrogen and oxygen atoms in total. The van der Waals surface area contributed by atoms with Gasteiger partial charge < -0.3 is 0 Å². The van der Waals surface area contributed by atoms with E-state index in [-0.39, 0.29) is 11.3 Å². The largest absolute Gasteiger partial charge is 0.268 e. The molecule has 0 N–H and O–H groups in total. The highest BCUT2D eigenvalue weighted by molar-refractivity contribution is 8.00. The molecule has 4 aromatic rings. The van der Waals surface area contributed by atoms with E-state index in [0.717, 1.165) is 16.8 Å².